The van der Waals surface area contributed by atoms with Gasteiger partial charge in [-0.1, -0.05) is 35.9 Å². The Kier molecular flexibility index (Phi) is 10.1. The van der Waals surface area contributed by atoms with Crippen molar-refractivity contribution in [2.24, 2.45) is 11.8 Å². The van der Waals surface area contributed by atoms with Crippen LogP contribution in [0.25, 0.3) is 0 Å². The number of hydrogen-bond donors (Lipinski definition) is 4. The van der Waals surface area contributed by atoms with Crippen molar-refractivity contribution < 1.29 is 33.0 Å². The van der Waals surface area contributed by atoms with Gasteiger partial charge >= 0.3 is 10.2 Å². The molecule has 11 nitrogen and oxygen atoms in total. The second kappa shape index (κ2) is 13.9. The van der Waals surface area contributed by atoms with Crippen LogP contribution in [-0.2, 0) is 37.2 Å². The third-order valence-electron chi connectivity index (χ3n) is 10.7. The van der Waals surface area contributed by atoms with Crippen LogP contribution in [0.15, 0.2) is 48.6 Å². The fourth-order valence-electron chi connectivity index (χ4n) is 7.91. The molecule has 5 atom stereocenters. The van der Waals surface area contributed by atoms with Crippen LogP contribution in [-0.4, -0.2) is 80.8 Å². The van der Waals surface area contributed by atoms with Gasteiger partial charge in [0.25, 0.3) is 5.91 Å². The Balaban J connectivity index is 1.46. The lowest BCUT2D eigenvalue weighted by molar-refractivity contribution is -0.148. The van der Waals surface area contributed by atoms with Crippen molar-refractivity contribution in [3.8, 4) is 5.75 Å². The van der Waals surface area contributed by atoms with Crippen molar-refractivity contribution in [2.45, 2.75) is 82.0 Å². The smallest absolute Gasteiger partial charge is 0.301 e. The summed E-state index contributed by atoms with van der Waals surface area (Å²) in [4.78, 5) is 31.0. The summed E-state index contributed by atoms with van der Waals surface area (Å²) in [5.74, 6) is -1.01. The average Bonchev–Trinajstić information content (AvgIpc) is 3.16. The topological polar surface area (TPSA) is 149 Å². The normalized spacial score (nSPS) is 29.7. The van der Waals surface area contributed by atoms with Crippen LogP contribution in [0.5, 0.6) is 5.75 Å². The summed E-state index contributed by atoms with van der Waals surface area (Å²) in [5.41, 5.74) is 0.173. The zero-order chi connectivity index (χ0) is 35.1. The number of carbonyl (C=O) groups is 2. The first-order chi connectivity index (χ1) is 23.2. The summed E-state index contributed by atoms with van der Waals surface area (Å²) in [6.45, 7) is 5.07. The standard InChI is InChI=1S/C36H47ClN4O7S/c1-23(2)38-49(46,47)39-34(44)36(45)19-33(43)40(3)16-5-4-8-31(42)28-12-9-25(28)20-41-21-35(22-48-32-14-10-26(36)18-30(32)41)15-6-7-24-17-27(37)11-13-29(24)35/h4,8,10-11,13-14,17-18,23,25,28,31,38,42,45H,5-7,9,12,15-16,19-22H2,1-3H3,(H,39,44)/b8-4+/t25-,28+,31-,35-,36+/m0/s1. The van der Waals surface area contributed by atoms with Crippen molar-refractivity contribution >= 4 is 39.3 Å². The number of aliphatic hydroxyl groups is 2. The third-order valence-corrected chi connectivity index (χ3v) is 12.1. The van der Waals surface area contributed by atoms with Gasteiger partial charge in [0.05, 0.1) is 24.8 Å². The van der Waals surface area contributed by atoms with Crippen molar-refractivity contribution in [3.63, 3.8) is 0 Å². The van der Waals surface area contributed by atoms with Gasteiger partial charge in [0.15, 0.2) is 5.60 Å². The highest BCUT2D eigenvalue weighted by molar-refractivity contribution is 7.88. The molecular weight excluding hydrogens is 668 g/mol. The summed E-state index contributed by atoms with van der Waals surface area (Å²) in [6.07, 6.45) is 7.38. The molecule has 266 valence electrons. The monoisotopic (exact) mass is 714 g/mol. The molecule has 0 aromatic heterocycles. The van der Waals surface area contributed by atoms with Gasteiger partial charge in [0, 0.05) is 43.2 Å². The summed E-state index contributed by atoms with van der Waals surface area (Å²) >= 11 is 6.42. The number of aliphatic hydroxyl groups excluding tert-OH is 1. The number of benzene rings is 2. The predicted octanol–water partition coefficient (Wildman–Crippen LogP) is 3.56. The first-order valence-corrected chi connectivity index (χ1v) is 19.0. The first-order valence-electron chi connectivity index (χ1n) is 17.2. The molecule has 2 aliphatic heterocycles. The average molecular weight is 715 g/mol. The number of halogens is 1. The van der Waals surface area contributed by atoms with Crippen molar-refractivity contribution in [1.82, 2.24) is 14.3 Å². The third kappa shape index (κ3) is 7.35. The largest absolute Gasteiger partial charge is 0.490 e. The van der Waals surface area contributed by atoms with E-state index >= 15 is 0 Å². The molecule has 1 spiro atoms. The zero-order valence-electron chi connectivity index (χ0n) is 28.3. The highest BCUT2D eigenvalue weighted by Crippen LogP contribution is 2.47. The number of aryl methyl sites for hydroxylation is 1. The number of nitrogens with one attached hydrogen (secondary N) is 2. The number of nitrogens with zero attached hydrogens (tertiary/aromatic N) is 2. The van der Waals surface area contributed by atoms with E-state index in [1.807, 2.05) is 22.9 Å². The molecule has 2 aromatic rings. The highest BCUT2D eigenvalue weighted by Gasteiger charge is 2.47. The molecule has 2 heterocycles. The van der Waals surface area contributed by atoms with Gasteiger partial charge in [-0.25, -0.2) is 4.72 Å². The molecule has 0 radical (unpaired) electrons. The molecule has 2 aliphatic carbocycles. The molecular formula is C36H47ClN4O7S. The molecule has 2 amide bonds. The lowest BCUT2D eigenvalue weighted by atomic mass is 9.68. The summed E-state index contributed by atoms with van der Waals surface area (Å²) in [6, 6.07) is 10.4. The quantitative estimate of drug-likeness (QED) is 0.352. The molecule has 2 aromatic carbocycles. The molecule has 2 bridgehead atoms. The molecule has 0 unspecified atom stereocenters. The number of ether oxygens (including phenoxy) is 1. The van der Waals surface area contributed by atoms with Gasteiger partial charge in [0.2, 0.25) is 5.91 Å². The first kappa shape index (κ1) is 35.7. The number of carbonyl (C=O) groups excluding carboxylic acids is 2. The molecule has 1 fully saturated rings. The second-order valence-corrected chi connectivity index (χ2v) is 16.4. The maximum Gasteiger partial charge on any atom is 0.301 e. The SMILES string of the molecule is CC(C)NS(=O)(=O)NC(=O)[C@@]1(O)CC(=O)N(C)CC/C=C/[C@H](O)[C@@H]2CC[C@H]2CN2C[C@@]3(CCCc4cc(Cl)ccc43)COc3ccc1cc32. The number of rotatable bonds is 4. The van der Waals surface area contributed by atoms with E-state index in [1.54, 1.807) is 39.1 Å². The number of hydrogen-bond acceptors (Lipinski definition) is 8. The van der Waals surface area contributed by atoms with Gasteiger partial charge in [-0.3, -0.25) is 9.59 Å². The van der Waals surface area contributed by atoms with E-state index in [0.29, 0.717) is 42.6 Å². The van der Waals surface area contributed by atoms with E-state index in [0.717, 1.165) is 32.1 Å². The number of anilines is 1. The van der Waals surface area contributed by atoms with Gasteiger partial charge in [-0.15, -0.1) is 0 Å². The van der Waals surface area contributed by atoms with E-state index < -0.39 is 46.2 Å². The fourth-order valence-corrected chi connectivity index (χ4v) is 9.20. The van der Waals surface area contributed by atoms with Crippen LogP contribution in [0.3, 0.4) is 0 Å². The minimum atomic E-state index is -4.35. The Labute approximate surface area is 293 Å². The van der Waals surface area contributed by atoms with Crippen molar-refractivity contribution in [1.29, 1.82) is 0 Å². The maximum absolute atomic E-state index is 13.8. The zero-order valence-corrected chi connectivity index (χ0v) is 29.9. The number of amides is 2. The Hall–Kier alpha value is -3.16. The second-order valence-electron chi connectivity index (χ2n) is 14.6. The Morgan fingerprint density at radius 2 is 1.96 bits per heavy atom. The maximum atomic E-state index is 13.8. The van der Waals surface area contributed by atoms with Gasteiger partial charge in [0.1, 0.15) is 5.75 Å². The number of fused-ring (bicyclic) bond motifs is 4. The molecule has 6 rings (SSSR count). The van der Waals surface area contributed by atoms with E-state index in [4.69, 9.17) is 16.3 Å². The van der Waals surface area contributed by atoms with Gasteiger partial charge in [-0.05, 0) is 105 Å². The van der Waals surface area contributed by atoms with Crippen LogP contribution in [0.1, 0.15) is 69.1 Å². The molecule has 4 N–H and O–H groups in total. The molecule has 4 aliphatic rings. The lowest BCUT2D eigenvalue weighted by Crippen LogP contribution is -2.53. The van der Waals surface area contributed by atoms with Gasteiger partial charge in [-0.2, -0.15) is 13.1 Å². The Bertz CT molecular complexity index is 1740. The highest BCUT2D eigenvalue weighted by atomic mass is 35.5. The summed E-state index contributed by atoms with van der Waals surface area (Å²) in [5, 5.41) is 24.1. The van der Waals surface area contributed by atoms with Crippen molar-refractivity contribution in [2.75, 3.05) is 38.2 Å². The van der Waals surface area contributed by atoms with E-state index in [1.165, 1.54) is 22.1 Å². The van der Waals surface area contributed by atoms with Crippen LogP contribution < -0.4 is 19.1 Å². The summed E-state index contributed by atoms with van der Waals surface area (Å²) in [7, 11) is -2.79. The van der Waals surface area contributed by atoms with Crippen LogP contribution in [0, 0.1) is 11.8 Å². The fraction of sp³-hybridized carbons (Fsp3) is 0.556. The lowest BCUT2D eigenvalue weighted by Gasteiger charge is -2.45. The molecule has 1 saturated carbocycles. The molecule has 13 heteroatoms. The predicted molar refractivity (Wildman–Crippen MR) is 188 cm³/mol. The van der Waals surface area contributed by atoms with Crippen molar-refractivity contribution in [3.05, 3.63) is 70.3 Å². The molecule has 49 heavy (non-hydrogen) atoms. The Morgan fingerprint density at radius 1 is 1.16 bits per heavy atom. The van der Waals surface area contributed by atoms with E-state index in [-0.39, 0.29) is 29.4 Å². The Morgan fingerprint density at radius 3 is 2.69 bits per heavy atom. The summed E-state index contributed by atoms with van der Waals surface area (Å²) < 4.78 is 36.5. The molecule has 0 saturated heterocycles. The van der Waals surface area contributed by atoms with Crippen LogP contribution in [0.2, 0.25) is 5.02 Å². The minimum Gasteiger partial charge on any atom is -0.490 e. The minimum absolute atomic E-state index is 0.0501. The van der Waals surface area contributed by atoms with E-state index in [9.17, 15) is 28.2 Å². The van der Waals surface area contributed by atoms with Crippen LogP contribution in [0.4, 0.5) is 5.69 Å². The van der Waals surface area contributed by atoms with E-state index in [2.05, 4.69) is 15.7 Å². The van der Waals surface area contributed by atoms with Crippen LogP contribution >= 0.6 is 11.6 Å². The van der Waals surface area contributed by atoms with Gasteiger partial charge < -0.3 is 24.7 Å².